The zero-order chi connectivity index (χ0) is 19.4. The molecule has 1 unspecified atom stereocenters. The zero-order valence-corrected chi connectivity index (χ0v) is 15.3. The van der Waals surface area contributed by atoms with E-state index >= 15 is 0 Å². The Hall–Kier alpha value is -2.61. The fourth-order valence-corrected chi connectivity index (χ4v) is 2.90. The van der Waals surface area contributed by atoms with Crippen molar-refractivity contribution < 1.29 is 18.3 Å². The molecule has 2 aromatic rings. The first-order chi connectivity index (χ1) is 12.8. The highest BCUT2D eigenvalue weighted by atomic mass is 19.3. The van der Waals surface area contributed by atoms with E-state index < -0.39 is 17.5 Å². The monoisotopic (exact) mass is 376 g/mol. The summed E-state index contributed by atoms with van der Waals surface area (Å²) in [6, 6.07) is 7.37. The van der Waals surface area contributed by atoms with E-state index in [4.69, 9.17) is 4.74 Å². The average Bonchev–Trinajstić information content (AvgIpc) is 3.12. The van der Waals surface area contributed by atoms with E-state index in [1.807, 2.05) is 25.1 Å². The Morgan fingerprint density at radius 2 is 2.22 bits per heavy atom. The van der Waals surface area contributed by atoms with Gasteiger partial charge in [0.1, 0.15) is 5.69 Å². The summed E-state index contributed by atoms with van der Waals surface area (Å²) >= 11 is 0. The van der Waals surface area contributed by atoms with E-state index in [0.717, 1.165) is 24.6 Å². The molecule has 2 N–H and O–H groups in total. The van der Waals surface area contributed by atoms with Crippen LogP contribution in [0.4, 0.5) is 20.4 Å². The van der Waals surface area contributed by atoms with Gasteiger partial charge >= 0.3 is 0 Å². The number of carbonyl (C=O) groups excluding carboxylic acids is 1. The van der Waals surface area contributed by atoms with Crippen molar-refractivity contribution in [3.8, 4) is 0 Å². The van der Waals surface area contributed by atoms with E-state index in [0.29, 0.717) is 19.2 Å². The highest BCUT2D eigenvalue weighted by molar-refractivity contribution is 5.95. The number of amides is 1. The lowest BCUT2D eigenvalue weighted by molar-refractivity contribution is 0.0116. The molecule has 1 aromatic heterocycles. The van der Waals surface area contributed by atoms with Gasteiger partial charge in [-0.1, -0.05) is 12.1 Å². The minimum absolute atomic E-state index is 0.00722. The van der Waals surface area contributed by atoms with Gasteiger partial charge in [-0.05, 0) is 37.5 Å². The highest BCUT2D eigenvalue weighted by Crippen LogP contribution is 2.29. The molecule has 0 aliphatic carbocycles. The maximum absolute atomic E-state index is 14.1. The largest absolute Gasteiger partial charge is 0.376 e. The summed E-state index contributed by atoms with van der Waals surface area (Å²) < 4.78 is 33.6. The second kappa shape index (κ2) is 7.96. The molecule has 1 fully saturated rings. The normalized spacial score (nSPS) is 17.0. The lowest BCUT2D eigenvalue weighted by atomic mass is 10.1. The number of halogens is 2. The number of carbonyl (C=O) groups is 1. The highest BCUT2D eigenvalue weighted by Gasteiger charge is 2.33. The quantitative estimate of drug-likeness (QED) is 0.806. The van der Waals surface area contributed by atoms with Gasteiger partial charge in [-0.25, -0.2) is 9.97 Å². The summed E-state index contributed by atoms with van der Waals surface area (Å²) in [6.07, 6.45) is 2.82. The maximum atomic E-state index is 14.1. The van der Waals surface area contributed by atoms with Crippen molar-refractivity contribution in [2.45, 2.75) is 38.7 Å². The number of hydrogen-bond acceptors (Lipinski definition) is 5. The number of ether oxygens (including phenoxy) is 1. The molecule has 8 heteroatoms. The maximum Gasteiger partial charge on any atom is 0.287 e. The Balaban J connectivity index is 1.80. The molecule has 27 heavy (non-hydrogen) atoms. The second-order valence-corrected chi connectivity index (χ2v) is 6.68. The summed E-state index contributed by atoms with van der Waals surface area (Å²) in [6.45, 7) is 3.56. The smallest absolute Gasteiger partial charge is 0.287 e. The van der Waals surface area contributed by atoms with Crippen LogP contribution in [0.3, 0.4) is 0 Å². The van der Waals surface area contributed by atoms with Crippen molar-refractivity contribution in [2.75, 3.05) is 18.5 Å². The van der Waals surface area contributed by atoms with Crippen LogP contribution >= 0.6 is 0 Å². The Kier molecular flexibility index (Phi) is 5.65. The Morgan fingerprint density at radius 3 is 2.89 bits per heavy atom. The third-order valence-electron chi connectivity index (χ3n) is 4.24. The number of aryl methyl sites for hydroxylation is 1. The molecule has 0 spiro atoms. The predicted octanol–water partition coefficient (Wildman–Crippen LogP) is 3.55. The molecule has 1 aliphatic rings. The average molecular weight is 376 g/mol. The topological polar surface area (TPSA) is 76.1 Å². The Labute approximate surface area is 156 Å². The number of aromatic nitrogens is 2. The lowest BCUT2D eigenvalue weighted by Crippen LogP contribution is -2.33. The van der Waals surface area contributed by atoms with Crippen LogP contribution < -0.4 is 10.6 Å². The predicted molar refractivity (Wildman–Crippen MR) is 97.4 cm³/mol. The minimum Gasteiger partial charge on any atom is -0.376 e. The first kappa shape index (κ1) is 19.2. The van der Waals surface area contributed by atoms with Gasteiger partial charge in [-0.15, -0.1) is 0 Å². The van der Waals surface area contributed by atoms with Crippen molar-refractivity contribution in [1.82, 2.24) is 15.3 Å². The number of anilines is 2. The fourth-order valence-electron chi connectivity index (χ4n) is 2.90. The summed E-state index contributed by atoms with van der Waals surface area (Å²) in [5.74, 6) is -3.92. The fraction of sp³-hybridized carbons (Fsp3) is 0.421. The summed E-state index contributed by atoms with van der Waals surface area (Å²) in [4.78, 5) is 20.3. The molecule has 0 bridgehead atoms. The summed E-state index contributed by atoms with van der Waals surface area (Å²) in [5, 5.41) is 5.53. The van der Waals surface area contributed by atoms with Gasteiger partial charge in [0.15, 0.2) is 0 Å². The van der Waals surface area contributed by atoms with Crippen molar-refractivity contribution in [3.63, 3.8) is 0 Å². The molecule has 0 saturated carbocycles. The molecule has 1 aliphatic heterocycles. The SMILES string of the molecule is Cc1cccc(Nc2ncc(C(=O)NCC3CCCO3)c(C(C)(F)F)n2)c1. The van der Waals surface area contributed by atoms with Crippen LogP contribution in [0.15, 0.2) is 30.5 Å². The van der Waals surface area contributed by atoms with Crippen LogP contribution in [-0.2, 0) is 10.7 Å². The van der Waals surface area contributed by atoms with Crippen molar-refractivity contribution in [3.05, 3.63) is 47.3 Å². The number of rotatable bonds is 6. The Bertz CT molecular complexity index is 818. The van der Waals surface area contributed by atoms with Crippen LogP contribution in [0.2, 0.25) is 0 Å². The molecular weight excluding hydrogens is 354 g/mol. The molecule has 1 atom stereocenters. The first-order valence-electron chi connectivity index (χ1n) is 8.82. The van der Waals surface area contributed by atoms with Gasteiger partial charge in [0.2, 0.25) is 5.95 Å². The number of hydrogen-bond donors (Lipinski definition) is 2. The van der Waals surface area contributed by atoms with Crippen LogP contribution in [0.1, 0.15) is 41.4 Å². The van der Waals surface area contributed by atoms with Crippen LogP contribution in [0.5, 0.6) is 0 Å². The molecule has 3 rings (SSSR count). The van der Waals surface area contributed by atoms with Gasteiger partial charge in [0.25, 0.3) is 11.8 Å². The standard InChI is InChI=1S/C19H22F2N4O2/c1-12-5-3-6-13(9-12)24-18-23-11-15(16(25-18)19(2,20)21)17(26)22-10-14-7-4-8-27-14/h3,5-6,9,11,14H,4,7-8,10H2,1-2H3,(H,22,26)(H,23,24,25). The van der Waals surface area contributed by atoms with E-state index in [1.165, 1.54) is 0 Å². The molecule has 1 saturated heterocycles. The van der Waals surface area contributed by atoms with Crippen LogP contribution in [0.25, 0.3) is 0 Å². The second-order valence-electron chi connectivity index (χ2n) is 6.68. The molecule has 1 aromatic carbocycles. The van der Waals surface area contributed by atoms with Crippen molar-refractivity contribution in [1.29, 1.82) is 0 Å². The summed E-state index contributed by atoms with van der Waals surface area (Å²) in [5.41, 5.74) is 0.829. The van der Waals surface area contributed by atoms with Gasteiger partial charge in [0, 0.05) is 32.0 Å². The molecule has 144 valence electrons. The third-order valence-corrected chi connectivity index (χ3v) is 4.24. The van der Waals surface area contributed by atoms with Crippen LogP contribution in [-0.4, -0.2) is 35.1 Å². The first-order valence-corrected chi connectivity index (χ1v) is 8.82. The number of benzene rings is 1. The van der Waals surface area contributed by atoms with Crippen LogP contribution in [0, 0.1) is 6.92 Å². The number of alkyl halides is 2. The van der Waals surface area contributed by atoms with E-state index in [9.17, 15) is 13.6 Å². The zero-order valence-electron chi connectivity index (χ0n) is 15.3. The number of nitrogens with one attached hydrogen (secondary N) is 2. The molecule has 2 heterocycles. The van der Waals surface area contributed by atoms with E-state index in [2.05, 4.69) is 20.6 Å². The summed E-state index contributed by atoms with van der Waals surface area (Å²) in [7, 11) is 0. The van der Waals surface area contributed by atoms with Gasteiger partial charge in [0.05, 0.1) is 11.7 Å². The van der Waals surface area contributed by atoms with Gasteiger partial charge in [-0.2, -0.15) is 8.78 Å². The Morgan fingerprint density at radius 1 is 1.41 bits per heavy atom. The number of nitrogens with zero attached hydrogens (tertiary/aromatic N) is 2. The molecular formula is C19H22F2N4O2. The molecule has 0 radical (unpaired) electrons. The van der Waals surface area contributed by atoms with Crippen molar-refractivity contribution >= 4 is 17.5 Å². The molecule has 1 amide bonds. The molecule has 6 nitrogen and oxygen atoms in total. The van der Waals surface area contributed by atoms with Crippen molar-refractivity contribution in [2.24, 2.45) is 0 Å². The lowest BCUT2D eigenvalue weighted by Gasteiger charge is -2.17. The van der Waals surface area contributed by atoms with Gasteiger partial charge < -0.3 is 15.4 Å². The third kappa shape index (κ3) is 4.97. The van der Waals surface area contributed by atoms with E-state index in [-0.39, 0.29) is 24.2 Å². The van der Waals surface area contributed by atoms with Gasteiger partial charge in [-0.3, -0.25) is 4.79 Å². The minimum atomic E-state index is -3.29. The van der Waals surface area contributed by atoms with E-state index in [1.54, 1.807) is 6.07 Å².